The van der Waals surface area contributed by atoms with E-state index < -0.39 is 17.6 Å². The van der Waals surface area contributed by atoms with Gasteiger partial charge < -0.3 is 0 Å². The summed E-state index contributed by atoms with van der Waals surface area (Å²) >= 11 is 4.83. The third-order valence-corrected chi connectivity index (χ3v) is 3.28. The van der Waals surface area contributed by atoms with Crippen LogP contribution in [0.3, 0.4) is 0 Å². The van der Waals surface area contributed by atoms with E-state index in [0.29, 0.717) is 15.6 Å². The second kappa shape index (κ2) is 5.25. The SMILES string of the molecule is CC(C(=O)Nc1bc(=S)[nH]o1)c1cc2ncoc2cc1F. The Bertz CT molecular complexity index is 872. The number of fused-ring (bicyclic) bond motifs is 1. The average Bonchev–Trinajstić information content (AvgIpc) is 3.05. The number of benzene rings is 1. The number of halogens is 1. The number of hydrogen-bond acceptors (Lipinski definition) is 5. The quantitative estimate of drug-likeness (QED) is 0.727. The fourth-order valence-electron chi connectivity index (χ4n) is 1.94. The van der Waals surface area contributed by atoms with Gasteiger partial charge in [-0.15, -0.1) is 0 Å². The third-order valence-electron chi connectivity index (χ3n) is 3.08. The first-order valence-corrected chi connectivity index (χ1v) is 6.47. The van der Waals surface area contributed by atoms with Crippen LogP contribution in [-0.2, 0) is 4.79 Å². The van der Waals surface area contributed by atoms with Crippen LogP contribution in [0, 0.1) is 10.4 Å². The zero-order chi connectivity index (χ0) is 15.0. The van der Waals surface area contributed by atoms with Crippen LogP contribution in [0.1, 0.15) is 18.4 Å². The van der Waals surface area contributed by atoms with Crippen LogP contribution in [-0.4, -0.2) is 23.0 Å². The number of carbonyl (C=O) groups is 1. The Kier molecular flexibility index (Phi) is 3.42. The van der Waals surface area contributed by atoms with Gasteiger partial charge in [-0.05, 0) is 0 Å². The van der Waals surface area contributed by atoms with Crippen molar-refractivity contribution in [3.8, 4) is 0 Å². The summed E-state index contributed by atoms with van der Waals surface area (Å²) in [5.74, 6) is -1.50. The number of oxazole rings is 1. The average molecular weight is 305 g/mol. The van der Waals surface area contributed by atoms with Crippen molar-refractivity contribution in [1.29, 1.82) is 0 Å². The zero-order valence-electron chi connectivity index (χ0n) is 10.8. The van der Waals surface area contributed by atoms with Crippen LogP contribution in [0.25, 0.3) is 11.1 Å². The number of amides is 1. The molecular weight excluding hydrogens is 296 g/mol. The Morgan fingerprint density at radius 2 is 2.38 bits per heavy atom. The summed E-state index contributed by atoms with van der Waals surface area (Å²) in [6, 6.07) is 2.70. The van der Waals surface area contributed by atoms with Gasteiger partial charge in [0, 0.05) is 0 Å². The summed E-state index contributed by atoms with van der Waals surface area (Å²) in [5, 5.41) is 4.93. The predicted molar refractivity (Wildman–Crippen MR) is 76.3 cm³/mol. The van der Waals surface area contributed by atoms with Gasteiger partial charge in [-0.1, -0.05) is 0 Å². The van der Waals surface area contributed by atoms with Gasteiger partial charge in [-0.3, -0.25) is 0 Å². The molecule has 2 aromatic heterocycles. The van der Waals surface area contributed by atoms with E-state index in [1.807, 2.05) is 0 Å². The molecule has 0 saturated heterocycles. The van der Waals surface area contributed by atoms with Crippen LogP contribution < -0.4 is 5.32 Å². The van der Waals surface area contributed by atoms with Gasteiger partial charge in [0.2, 0.25) is 0 Å². The number of anilines is 1. The maximum atomic E-state index is 14.0. The van der Waals surface area contributed by atoms with E-state index in [1.54, 1.807) is 6.92 Å². The topological polar surface area (TPSA) is 84.1 Å². The molecule has 0 bridgehead atoms. The molecule has 0 radical (unpaired) electrons. The molecule has 1 aromatic carbocycles. The molecule has 106 valence electrons. The molecule has 3 rings (SSSR count). The number of nitrogens with zero attached hydrogens (tertiary/aromatic N) is 1. The first kappa shape index (κ1) is 13.7. The molecular formula is C12H9BFN3O3S. The Balaban J connectivity index is 1.88. The molecule has 0 saturated carbocycles. The van der Waals surface area contributed by atoms with Gasteiger partial charge in [0.05, 0.1) is 0 Å². The molecule has 21 heavy (non-hydrogen) atoms. The molecule has 0 fully saturated rings. The van der Waals surface area contributed by atoms with Crippen molar-refractivity contribution in [1.82, 2.24) is 10.1 Å². The molecule has 0 aliphatic carbocycles. The molecule has 2 heterocycles. The van der Waals surface area contributed by atoms with Crippen molar-refractivity contribution in [2.24, 2.45) is 0 Å². The molecule has 1 unspecified atom stereocenters. The van der Waals surface area contributed by atoms with Gasteiger partial charge in [0.1, 0.15) is 0 Å². The number of carbonyl (C=O) groups excluding carboxylic acids is 1. The molecule has 9 heteroatoms. The van der Waals surface area contributed by atoms with Crippen LogP contribution in [0.15, 0.2) is 27.5 Å². The summed E-state index contributed by atoms with van der Waals surface area (Å²) < 4.78 is 24.3. The summed E-state index contributed by atoms with van der Waals surface area (Å²) in [6.45, 7) is 3.04. The molecule has 0 aliphatic rings. The number of aromatic nitrogens is 2. The van der Waals surface area contributed by atoms with Crippen molar-refractivity contribution in [2.75, 3.05) is 5.32 Å². The molecule has 2 N–H and O–H groups in total. The fourth-order valence-corrected chi connectivity index (χ4v) is 2.09. The van der Waals surface area contributed by atoms with E-state index in [2.05, 4.69) is 15.5 Å². The molecule has 0 aliphatic heterocycles. The predicted octanol–water partition coefficient (Wildman–Crippen LogP) is 2.70. The summed E-state index contributed by atoms with van der Waals surface area (Å²) in [7, 11) is 0. The van der Waals surface area contributed by atoms with Crippen molar-refractivity contribution >= 4 is 41.9 Å². The standard InChI is InChI=1S/C12H9BFN3O3S/c1-5(10(18)16-11-13-12(21)17-20-11)6-2-8-9(3-7(6)14)19-4-15-8/h2-5H,1H3,(H,16,18)(H,17,21). The number of H-pyrrole nitrogens is 1. The minimum atomic E-state index is -0.732. The van der Waals surface area contributed by atoms with Crippen LogP contribution in [0.5, 0.6) is 0 Å². The first-order valence-electron chi connectivity index (χ1n) is 6.06. The van der Waals surface area contributed by atoms with E-state index in [-0.39, 0.29) is 11.3 Å². The second-order valence-electron chi connectivity index (χ2n) is 4.48. The molecule has 6 nitrogen and oxygen atoms in total. The second-order valence-corrected chi connectivity index (χ2v) is 4.92. The van der Waals surface area contributed by atoms with Crippen molar-refractivity contribution in [2.45, 2.75) is 12.8 Å². The van der Waals surface area contributed by atoms with Crippen molar-refractivity contribution in [3.63, 3.8) is 0 Å². The fraction of sp³-hybridized carbons (Fsp3) is 0.167. The van der Waals surface area contributed by atoms with Gasteiger partial charge in [0.15, 0.2) is 0 Å². The van der Waals surface area contributed by atoms with Gasteiger partial charge in [0.25, 0.3) is 0 Å². The Morgan fingerprint density at radius 1 is 1.57 bits per heavy atom. The van der Waals surface area contributed by atoms with Crippen molar-refractivity contribution < 1.29 is 18.1 Å². The van der Waals surface area contributed by atoms with E-state index in [0.717, 1.165) is 0 Å². The normalized spacial score (nSPS) is 12.3. The minimum absolute atomic E-state index is 0.180. The summed E-state index contributed by atoms with van der Waals surface area (Å²) in [6.07, 6.45) is 1.22. The summed E-state index contributed by atoms with van der Waals surface area (Å²) in [5.41, 5.74) is 1.05. The maximum absolute atomic E-state index is 14.0. The molecule has 1 atom stereocenters. The van der Waals surface area contributed by atoms with E-state index in [4.69, 9.17) is 21.2 Å². The zero-order valence-corrected chi connectivity index (χ0v) is 11.7. The number of rotatable bonds is 3. The van der Waals surface area contributed by atoms with Crippen molar-refractivity contribution in [3.05, 3.63) is 34.4 Å². The van der Waals surface area contributed by atoms with Gasteiger partial charge in [-0.2, -0.15) is 0 Å². The van der Waals surface area contributed by atoms with Gasteiger partial charge >= 0.3 is 123 Å². The Hall–Kier alpha value is -2.29. The monoisotopic (exact) mass is 305 g/mol. The summed E-state index contributed by atoms with van der Waals surface area (Å²) in [4.78, 5) is 16.1. The van der Waals surface area contributed by atoms with Crippen LogP contribution >= 0.6 is 12.2 Å². The van der Waals surface area contributed by atoms with E-state index in [1.165, 1.54) is 25.4 Å². The Labute approximate surface area is 123 Å². The molecule has 0 spiro atoms. The number of aromatic amines is 1. The van der Waals surface area contributed by atoms with E-state index in [9.17, 15) is 9.18 Å². The molecule has 3 aromatic rings. The number of hydrogen-bond donors (Lipinski definition) is 2. The Morgan fingerprint density at radius 3 is 3.10 bits per heavy atom. The number of nitrogens with one attached hydrogen (secondary N) is 2. The van der Waals surface area contributed by atoms with Crippen LogP contribution in [0.4, 0.5) is 10.2 Å². The first-order chi connectivity index (χ1) is 10.0. The third kappa shape index (κ3) is 2.64. The molecule has 1 amide bonds. The van der Waals surface area contributed by atoms with Crippen LogP contribution in [0.2, 0.25) is 0 Å². The van der Waals surface area contributed by atoms with Gasteiger partial charge in [-0.25, -0.2) is 0 Å². The van der Waals surface area contributed by atoms with E-state index >= 15 is 0 Å².